The van der Waals surface area contributed by atoms with E-state index in [-0.39, 0.29) is 11.8 Å². The summed E-state index contributed by atoms with van der Waals surface area (Å²) in [5.74, 6) is -0.0642. The van der Waals surface area contributed by atoms with Gasteiger partial charge in [0.05, 0.1) is 9.90 Å². The maximum atomic E-state index is 12.6. The van der Waals surface area contributed by atoms with Gasteiger partial charge in [0, 0.05) is 36.6 Å². The first-order chi connectivity index (χ1) is 13.5. The number of aryl methyl sites for hydroxylation is 2. The van der Waals surface area contributed by atoms with Crippen LogP contribution in [0.3, 0.4) is 0 Å². The van der Waals surface area contributed by atoms with Crippen LogP contribution in [0.15, 0.2) is 40.6 Å². The van der Waals surface area contributed by atoms with Crippen LogP contribution >= 0.6 is 11.3 Å². The molecular formula is C20H27N3O3S2. The number of benzene rings is 1. The molecule has 1 amide bonds. The van der Waals surface area contributed by atoms with Crippen LogP contribution in [0, 0.1) is 12.8 Å². The third-order valence-electron chi connectivity index (χ3n) is 4.99. The Morgan fingerprint density at radius 1 is 1.21 bits per heavy atom. The van der Waals surface area contributed by atoms with Crippen LogP contribution in [0.5, 0.6) is 0 Å². The lowest BCUT2D eigenvalue weighted by atomic mass is 9.97. The van der Waals surface area contributed by atoms with E-state index in [0.29, 0.717) is 37.4 Å². The highest BCUT2D eigenvalue weighted by atomic mass is 32.2. The van der Waals surface area contributed by atoms with Crippen molar-refractivity contribution >= 4 is 27.3 Å². The molecule has 1 N–H and O–H groups in total. The summed E-state index contributed by atoms with van der Waals surface area (Å²) < 4.78 is 26.8. The molecule has 1 aromatic carbocycles. The zero-order valence-electron chi connectivity index (χ0n) is 16.1. The average molecular weight is 422 g/mol. The zero-order valence-corrected chi connectivity index (χ0v) is 17.8. The minimum Gasteiger partial charge on any atom is -0.356 e. The molecule has 2 aromatic rings. The maximum Gasteiger partial charge on any atom is 0.243 e. The van der Waals surface area contributed by atoms with Crippen molar-refractivity contribution < 1.29 is 13.2 Å². The second-order valence-electron chi connectivity index (χ2n) is 7.12. The zero-order chi connectivity index (χ0) is 20.0. The van der Waals surface area contributed by atoms with E-state index >= 15 is 0 Å². The number of sulfonamides is 1. The number of unbranched alkanes of at least 4 members (excludes halogenated alkanes) is 1. The molecule has 1 aliphatic rings. The fraction of sp³-hybridized carbons (Fsp3) is 0.500. The number of piperidine rings is 1. The summed E-state index contributed by atoms with van der Waals surface area (Å²) in [5, 5.41) is 6.21. The number of hydrogen-bond acceptors (Lipinski definition) is 5. The molecule has 6 nitrogen and oxygen atoms in total. The van der Waals surface area contributed by atoms with Crippen molar-refractivity contribution in [1.82, 2.24) is 14.6 Å². The number of carbonyl (C=O) groups is 1. The molecule has 152 valence electrons. The quantitative estimate of drug-likeness (QED) is 0.665. The lowest BCUT2D eigenvalue weighted by Crippen LogP contribution is -2.43. The Morgan fingerprint density at radius 2 is 1.93 bits per heavy atom. The van der Waals surface area contributed by atoms with Gasteiger partial charge in [-0.1, -0.05) is 18.2 Å². The first-order valence-electron chi connectivity index (χ1n) is 9.71. The third-order valence-corrected chi connectivity index (χ3v) is 7.93. The van der Waals surface area contributed by atoms with Crippen molar-refractivity contribution in [3.63, 3.8) is 0 Å². The first-order valence-corrected chi connectivity index (χ1v) is 12.0. The summed E-state index contributed by atoms with van der Waals surface area (Å²) in [7, 11) is -3.46. The van der Waals surface area contributed by atoms with Crippen molar-refractivity contribution in [2.75, 3.05) is 19.6 Å². The fourth-order valence-corrected chi connectivity index (χ4v) is 5.68. The average Bonchev–Trinajstić information content (AvgIpc) is 3.13. The van der Waals surface area contributed by atoms with Gasteiger partial charge < -0.3 is 5.32 Å². The van der Waals surface area contributed by atoms with Gasteiger partial charge in [0.2, 0.25) is 15.9 Å². The van der Waals surface area contributed by atoms with E-state index in [2.05, 4.69) is 15.7 Å². The number of hydrogen-bond donors (Lipinski definition) is 1. The van der Waals surface area contributed by atoms with Crippen LogP contribution < -0.4 is 5.32 Å². The normalized spacial score (nSPS) is 16.2. The smallest absolute Gasteiger partial charge is 0.243 e. The fourth-order valence-electron chi connectivity index (χ4n) is 3.37. The number of carbonyl (C=O) groups excluding carboxylic acids is 1. The van der Waals surface area contributed by atoms with E-state index in [9.17, 15) is 13.2 Å². The number of amides is 1. The minimum absolute atomic E-state index is 0.0434. The monoisotopic (exact) mass is 421 g/mol. The SMILES string of the molecule is Cc1csc(CCCCNC(=O)C2CCN(S(=O)(=O)c3ccccc3)CC2)n1. The molecule has 0 saturated carbocycles. The molecule has 0 unspecified atom stereocenters. The van der Waals surface area contributed by atoms with Crippen molar-refractivity contribution in [1.29, 1.82) is 0 Å². The molecule has 3 rings (SSSR count). The van der Waals surface area contributed by atoms with Crippen LogP contribution in [-0.4, -0.2) is 43.2 Å². The van der Waals surface area contributed by atoms with Crippen LogP contribution in [0.1, 0.15) is 36.4 Å². The first kappa shape index (κ1) is 21.0. The summed E-state index contributed by atoms with van der Waals surface area (Å²) in [5.41, 5.74) is 1.06. The highest BCUT2D eigenvalue weighted by Crippen LogP contribution is 2.23. The molecule has 1 aliphatic heterocycles. The molecule has 1 aromatic heterocycles. The minimum atomic E-state index is -3.46. The topological polar surface area (TPSA) is 79.4 Å². The summed E-state index contributed by atoms with van der Waals surface area (Å²) in [4.78, 5) is 17.1. The van der Waals surface area contributed by atoms with E-state index in [4.69, 9.17) is 0 Å². The molecule has 2 heterocycles. The maximum absolute atomic E-state index is 12.6. The highest BCUT2D eigenvalue weighted by molar-refractivity contribution is 7.89. The molecule has 28 heavy (non-hydrogen) atoms. The molecule has 1 fully saturated rings. The van der Waals surface area contributed by atoms with E-state index in [0.717, 1.165) is 30.0 Å². The van der Waals surface area contributed by atoms with Crippen molar-refractivity contribution in [3.05, 3.63) is 46.4 Å². The van der Waals surface area contributed by atoms with Gasteiger partial charge in [-0.3, -0.25) is 4.79 Å². The number of thiazole rings is 1. The molecule has 0 atom stereocenters. The van der Waals surface area contributed by atoms with Gasteiger partial charge in [-0.2, -0.15) is 4.31 Å². The molecular weight excluding hydrogens is 394 g/mol. The largest absolute Gasteiger partial charge is 0.356 e. The van der Waals surface area contributed by atoms with Crippen molar-refractivity contribution in [3.8, 4) is 0 Å². The molecule has 0 radical (unpaired) electrons. The van der Waals surface area contributed by atoms with Crippen molar-refractivity contribution in [2.45, 2.75) is 43.9 Å². The molecule has 0 spiro atoms. The van der Waals surface area contributed by atoms with Gasteiger partial charge in [0.1, 0.15) is 0 Å². The number of nitrogens with zero attached hydrogens (tertiary/aromatic N) is 2. The van der Waals surface area contributed by atoms with Gasteiger partial charge in [-0.15, -0.1) is 11.3 Å². The summed E-state index contributed by atoms with van der Waals surface area (Å²) in [6.45, 7) is 3.43. The lowest BCUT2D eigenvalue weighted by molar-refractivity contribution is -0.126. The lowest BCUT2D eigenvalue weighted by Gasteiger charge is -2.30. The number of aromatic nitrogens is 1. The van der Waals surface area contributed by atoms with Gasteiger partial charge in [0.15, 0.2) is 0 Å². The van der Waals surface area contributed by atoms with Gasteiger partial charge >= 0.3 is 0 Å². The van der Waals surface area contributed by atoms with Crippen LogP contribution in [-0.2, 0) is 21.2 Å². The van der Waals surface area contributed by atoms with Gasteiger partial charge in [0.25, 0.3) is 0 Å². The molecule has 0 aliphatic carbocycles. The predicted molar refractivity (Wildman–Crippen MR) is 111 cm³/mol. The predicted octanol–water partition coefficient (Wildman–Crippen LogP) is 2.99. The second kappa shape index (κ2) is 9.62. The summed E-state index contributed by atoms with van der Waals surface area (Å²) in [6.07, 6.45) is 4.00. The number of rotatable bonds is 8. The Balaban J connectivity index is 1.38. The van der Waals surface area contributed by atoms with E-state index in [1.165, 1.54) is 4.31 Å². The third kappa shape index (κ3) is 5.40. The Hall–Kier alpha value is -1.77. The van der Waals surface area contributed by atoms with Gasteiger partial charge in [-0.25, -0.2) is 13.4 Å². The van der Waals surface area contributed by atoms with Crippen LogP contribution in [0.2, 0.25) is 0 Å². The van der Waals surface area contributed by atoms with E-state index in [1.807, 2.05) is 6.92 Å². The standard InChI is InChI=1S/C20H27N3O3S2/c1-16-15-27-19(22-16)9-5-6-12-21-20(24)17-10-13-23(14-11-17)28(25,26)18-7-3-2-4-8-18/h2-4,7-8,15,17H,5-6,9-14H2,1H3,(H,21,24). The Labute approximate surface area is 171 Å². The van der Waals surface area contributed by atoms with Gasteiger partial charge in [-0.05, 0) is 51.2 Å². The Bertz CT molecular complexity index is 873. The molecule has 1 saturated heterocycles. The molecule has 0 bridgehead atoms. The van der Waals surface area contributed by atoms with Crippen LogP contribution in [0.4, 0.5) is 0 Å². The summed E-state index contributed by atoms with van der Waals surface area (Å²) in [6, 6.07) is 8.47. The van der Waals surface area contributed by atoms with Crippen molar-refractivity contribution in [2.24, 2.45) is 5.92 Å². The highest BCUT2D eigenvalue weighted by Gasteiger charge is 2.31. The summed E-state index contributed by atoms with van der Waals surface area (Å²) >= 11 is 1.68. The second-order valence-corrected chi connectivity index (χ2v) is 10.0. The Kier molecular flexibility index (Phi) is 7.20. The van der Waals surface area contributed by atoms with E-state index in [1.54, 1.807) is 41.7 Å². The number of nitrogens with one attached hydrogen (secondary N) is 1. The Morgan fingerprint density at radius 3 is 2.57 bits per heavy atom. The van der Waals surface area contributed by atoms with E-state index < -0.39 is 10.0 Å². The van der Waals surface area contributed by atoms with Crippen LogP contribution in [0.25, 0.3) is 0 Å². The molecule has 8 heteroatoms.